The molecule has 0 saturated carbocycles. The normalized spacial score (nSPS) is 14.5. The topological polar surface area (TPSA) is 78.5 Å². The second-order valence-electron chi connectivity index (χ2n) is 6.98. The van der Waals surface area contributed by atoms with Gasteiger partial charge in [-0.3, -0.25) is 14.4 Å². The quantitative estimate of drug-likeness (QED) is 0.721. The maximum absolute atomic E-state index is 12.6. The highest BCUT2D eigenvalue weighted by molar-refractivity contribution is 7.12. The highest BCUT2D eigenvalue weighted by atomic mass is 35.5. The van der Waals surface area contributed by atoms with Gasteiger partial charge < -0.3 is 15.5 Å². The van der Waals surface area contributed by atoms with Crippen LogP contribution in [0.3, 0.4) is 0 Å². The zero-order valence-corrected chi connectivity index (χ0v) is 17.8. The van der Waals surface area contributed by atoms with E-state index in [9.17, 15) is 14.4 Å². The Morgan fingerprint density at radius 1 is 1.21 bits per heavy atom. The van der Waals surface area contributed by atoms with Gasteiger partial charge in [-0.05, 0) is 48.9 Å². The third-order valence-corrected chi connectivity index (χ3v) is 6.07. The highest BCUT2D eigenvalue weighted by Crippen LogP contribution is 2.24. The number of nitrogens with one attached hydrogen (secondary N) is 2. The van der Waals surface area contributed by atoms with Gasteiger partial charge in [-0.25, -0.2) is 0 Å². The van der Waals surface area contributed by atoms with Gasteiger partial charge in [0.1, 0.15) is 0 Å². The van der Waals surface area contributed by atoms with Crippen molar-refractivity contribution < 1.29 is 14.4 Å². The molecule has 1 aliphatic rings. The first kappa shape index (κ1) is 21.3. The van der Waals surface area contributed by atoms with Crippen molar-refractivity contribution in [3.63, 3.8) is 0 Å². The molecule has 0 aliphatic carbocycles. The molecule has 0 spiro atoms. The lowest BCUT2D eigenvalue weighted by Gasteiger charge is -2.31. The van der Waals surface area contributed by atoms with Crippen LogP contribution in [0.5, 0.6) is 0 Å². The van der Waals surface area contributed by atoms with Crippen molar-refractivity contribution in [2.24, 2.45) is 5.92 Å². The van der Waals surface area contributed by atoms with Gasteiger partial charge >= 0.3 is 0 Å². The Kier molecular flexibility index (Phi) is 7.28. The molecular weight excluding hydrogens is 410 g/mol. The van der Waals surface area contributed by atoms with Crippen LogP contribution in [-0.4, -0.2) is 42.3 Å². The number of anilines is 1. The monoisotopic (exact) mass is 433 g/mol. The SMILES string of the molecule is CCCNC(=O)c1ccc(NC(=O)C2CCN(C(=O)c3cccs3)CC2)cc1Cl. The number of carbonyl (C=O) groups is 3. The minimum absolute atomic E-state index is 0.0302. The number of piperidine rings is 1. The number of carbonyl (C=O) groups excluding carboxylic acids is 3. The molecule has 2 aromatic rings. The van der Waals surface area contributed by atoms with Gasteiger partial charge in [0.15, 0.2) is 0 Å². The summed E-state index contributed by atoms with van der Waals surface area (Å²) < 4.78 is 0. The first-order valence-corrected chi connectivity index (χ1v) is 11.0. The van der Waals surface area contributed by atoms with E-state index in [1.54, 1.807) is 23.1 Å². The number of likely N-dealkylation sites (tertiary alicyclic amines) is 1. The molecule has 3 amide bonds. The molecule has 1 saturated heterocycles. The first-order valence-electron chi connectivity index (χ1n) is 9.71. The first-order chi connectivity index (χ1) is 14.0. The Morgan fingerprint density at radius 3 is 2.59 bits per heavy atom. The van der Waals surface area contributed by atoms with Crippen molar-refractivity contribution in [2.75, 3.05) is 25.0 Å². The summed E-state index contributed by atoms with van der Waals surface area (Å²) in [7, 11) is 0. The Balaban J connectivity index is 1.54. The van der Waals surface area contributed by atoms with Crippen LogP contribution in [0.25, 0.3) is 0 Å². The van der Waals surface area contributed by atoms with E-state index in [0.717, 1.165) is 11.3 Å². The lowest BCUT2D eigenvalue weighted by atomic mass is 9.95. The van der Waals surface area contributed by atoms with E-state index < -0.39 is 0 Å². The van der Waals surface area contributed by atoms with Gasteiger partial charge in [-0.2, -0.15) is 0 Å². The van der Waals surface area contributed by atoms with Crippen LogP contribution in [0, 0.1) is 5.92 Å². The summed E-state index contributed by atoms with van der Waals surface area (Å²) in [6.45, 7) is 3.68. The summed E-state index contributed by atoms with van der Waals surface area (Å²) in [6, 6.07) is 8.57. The van der Waals surface area contributed by atoms with Gasteiger partial charge in [-0.15, -0.1) is 11.3 Å². The van der Waals surface area contributed by atoms with Gasteiger partial charge in [0.05, 0.1) is 15.5 Å². The highest BCUT2D eigenvalue weighted by Gasteiger charge is 2.28. The molecule has 1 fully saturated rings. The van der Waals surface area contributed by atoms with E-state index in [-0.39, 0.29) is 23.6 Å². The maximum atomic E-state index is 12.6. The molecule has 1 aromatic heterocycles. The fraction of sp³-hybridized carbons (Fsp3) is 0.381. The number of nitrogens with zero attached hydrogens (tertiary/aromatic N) is 1. The molecule has 154 valence electrons. The summed E-state index contributed by atoms with van der Waals surface area (Å²) in [5.74, 6) is -0.443. The molecule has 0 bridgehead atoms. The standard InChI is InChI=1S/C21H24ClN3O3S/c1-2-9-23-20(27)16-6-5-15(13-17(16)22)24-19(26)14-7-10-25(11-8-14)21(28)18-4-3-12-29-18/h3-6,12-14H,2,7-11H2,1H3,(H,23,27)(H,24,26). The molecule has 3 rings (SSSR count). The molecular formula is C21H24ClN3O3S. The molecule has 2 N–H and O–H groups in total. The van der Waals surface area contributed by atoms with E-state index in [2.05, 4.69) is 10.6 Å². The van der Waals surface area contributed by atoms with Crippen LogP contribution in [0.1, 0.15) is 46.2 Å². The number of rotatable bonds is 6. The number of halogens is 1. The van der Waals surface area contributed by atoms with Crippen LogP contribution in [-0.2, 0) is 4.79 Å². The number of benzene rings is 1. The smallest absolute Gasteiger partial charge is 0.263 e. The lowest BCUT2D eigenvalue weighted by Crippen LogP contribution is -2.41. The Hall–Kier alpha value is -2.38. The van der Waals surface area contributed by atoms with Crippen LogP contribution >= 0.6 is 22.9 Å². The fourth-order valence-corrected chi connectivity index (χ4v) is 4.21. The van der Waals surface area contributed by atoms with Gasteiger partial charge in [0.25, 0.3) is 11.8 Å². The minimum Gasteiger partial charge on any atom is -0.352 e. The summed E-state index contributed by atoms with van der Waals surface area (Å²) in [4.78, 5) is 39.6. The van der Waals surface area contributed by atoms with Crippen LogP contribution in [0.2, 0.25) is 5.02 Å². The second kappa shape index (κ2) is 9.89. The van der Waals surface area contributed by atoms with E-state index in [4.69, 9.17) is 11.6 Å². The van der Waals surface area contributed by atoms with E-state index in [1.165, 1.54) is 11.3 Å². The van der Waals surface area contributed by atoms with Gasteiger partial charge in [0, 0.05) is 31.2 Å². The Morgan fingerprint density at radius 2 is 1.97 bits per heavy atom. The van der Waals surface area contributed by atoms with Crippen molar-refractivity contribution in [3.05, 3.63) is 51.2 Å². The van der Waals surface area contributed by atoms with Crippen molar-refractivity contribution in [1.82, 2.24) is 10.2 Å². The van der Waals surface area contributed by atoms with Crippen LogP contribution < -0.4 is 10.6 Å². The van der Waals surface area contributed by atoms with E-state index in [0.29, 0.717) is 48.7 Å². The third kappa shape index (κ3) is 5.36. The fourth-order valence-electron chi connectivity index (χ4n) is 3.26. The zero-order valence-electron chi connectivity index (χ0n) is 16.2. The van der Waals surface area contributed by atoms with Crippen molar-refractivity contribution in [2.45, 2.75) is 26.2 Å². The number of amides is 3. The minimum atomic E-state index is -0.225. The van der Waals surface area contributed by atoms with Crippen molar-refractivity contribution >= 4 is 46.3 Å². The molecule has 0 radical (unpaired) electrons. The molecule has 1 aromatic carbocycles. The molecule has 8 heteroatoms. The van der Waals surface area contributed by atoms with Crippen molar-refractivity contribution in [3.8, 4) is 0 Å². The van der Waals surface area contributed by atoms with E-state index >= 15 is 0 Å². The number of hydrogen-bond acceptors (Lipinski definition) is 4. The number of hydrogen-bond donors (Lipinski definition) is 2. The average molecular weight is 434 g/mol. The van der Waals surface area contributed by atoms with Gasteiger partial charge in [-0.1, -0.05) is 24.6 Å². The summed E-state index contributed by atoms with van der Waals surface area (Å²) in [6.07, 6.45) is 2.08. The van der Waals surface area contributed by atoms with Crippen molar-refractivity contribution in [1.29, 1.82) is 0 Å². The average Bonchev–Trinajstić information content (AvgIpc) is 3.26. The molecule has 6 nitrogen and oxygen atoms in total. The predicted octanol–water partition coefficient (Wildman–Crippen LogP) is 4.03. The summed E-state index contributed by atoms with van der Waals surface area (Å²) in [5.41, 5.74) is 0.947. The Bertz CT molecular complexity index is 877. The molecule has 0 atom stereocenters. The van der Waals surface area contributed by atoms with E-state index in [1.807, 2.05) is 24.4 Å². The van der Waals surface area contributed by atoms with Crippen LogP contribution in [0.4, 0.5) is 5.69 Å². The summed E-state index contributed by atoms with van der Waals surface area (Å²) in [5, 5.41) is 7.84. The largest absolute Gasteiger partial charge is 0.352 e. The zero-order chi connectivity index (χ0) is 20.8. The molecule has 2 heterocycles. The Labute approximate surface area is 179 Å². The molecule has 0 unspecified atom stereocenters. The molecule has 1 aliphatic heterocycles. The number of thiophene rings is 1. The third-order valence-electron chi connectivity index (χ3n) is 4.90. The second-order valence-corrected chi connectivity index (χ2v) is 8.34. The predicted molar refractivity (Wildman–Crippen MR) is 116 cm³/mol. The maximum Gasteiger partial charge on any atom is 0.263 e. The molecule has 29 heavy (non-hydrogen) atoms. The van der Waals surface area contributed by atoms with Crippen LogP contribution in [0.15, 0.2) is 35.7 Å². The lowest BCUT2D eigenvalue weighted by molar-refractivity contribution is -0.121. The summed E-state index contributed by atoms with van der Waals surface area (Å²) >= 11 is 7.65. The van der Waals surface area contributed by atoms with Gasteiger partial charge in [0.2, 0.25) is 5.91 Å².